The van der Waals surface area contributed by atoms with Crippen molar-refractivity contribution >= 4 is 89.3 Å². The Balaban J connectivity index is -0.000000120. The summed E-state index contributed by atoms with van der Waals surface area (Å²) in [5.74, 6) is 0. The molecule has 0 saturated carbocycles. The molecule has 0 aliphatic carbocycles. The van der Waals surface area contributed by atoms with Gasteiger partial charge in [0, 0.05) is 0 Å². The van der Waals surface area contributed by atoms with Gasteiger partial charge in [-0.15, -0.1) is 0 Å². The molecule has 134 valence electrons. The van der Waals surface area contributed by atoms with Gasteiger partial charge in [-0.2, -0.15) is 0 Å². The first-order valence-electron chi connectivity index (χ1n) is 7.79. The number of hydrogen-bond donors (Lipinski definition) is 0. The van der Waals surface area contributed by atoms with Crippen LogP contribution in [0.4, 0.5) is 0 Å². The van der Waals surface area contributed by atoms with Crippen molar-refractivity contribution in [2.75, 3.05) is 0 Å². The maximum atomic E-state index is 2.36. The van der Waals surface area contributed by atoms with E-state index in [0.29, 0.717) is 13.4 Å². The Morgan fingerprint density at radius 1 is 0.364 bits per heavy atom. The fourth-order valence-corrected chi connectivity index (χ4v) is 13.5. The van der Waals surface area contributed by atoms with E-state index in [1.54, 1.807) is 46.0 Å². The number of rotatable bonds is 0. The number of hydrogen-bond acceptors (Lipinski definition) is 0. The topological polar surface area (TPSA) is 0 Å². The van der Waals surface area contributed by atoms with Gasteiger partial charge in [-0.05, 0) is 0 Å². The summed E-state index contributed by atoms with van der Waals surface area (Å²) in [6.07, 6.45) is 0. The van der Waals surface area contributed by atoms with Crippen LogP contribution in [-0.4, -0.2) is 89.3 Å². The molecule has 22 heavy (non-hydrogen) atoms. The first-order chi connectivity index (χ1) is 9.41. The van der Waals surface area contributed by atoms with Gasteiger partial charge in [0.05, 0.1) is 0 Å². The van der Waals surface area contributed by atoms with E-state index in [9.17, 15) is 0 Å². The molecule has 0 nitrogen and oxygen atoms in total. The van der Waals surface area contributed by atoms with Crippen LogP contribution < -0.4 is 0 Å². The Morgan fingerprint density at radius 2 is 0.455 bits per heavy atom. The van der Waals surface area contributed by atoms with Gasteiger partial charge in [-0.25, -0.2) is 0 Å². The van der Waals surface area contributed by atoms with Crippen LogP contribution in [0.3, 0.4) is 0 Å². The summed E-state index contributed by atoms with van der Waals surface area (Å²) in [5.41, 5.74) is 0. The molecule has 0 aliphatic rings. The molecule has 0 amide bonds. The van der Waals surface area contributed by atoms with Gasteiger partial charge in [-0.1, -0.05) is 0 Å². The van der Waals surface area contributed by atoms with Crippen molar-refractivity contribution < 1.29 is 0 Å². The standard InChI is InChI=1S/4C4H9.2CH3.4Sb/c4*1-4(2)3;;;;;;/h4*1-3H3;2*1H3;;;;. The minimum absolute atomic E-state index is 0.00833. The monoisotopic (exact) mass is 742 g/mol. The second-order valence-corrected chi connectivity index (χ2v) is 25.5. The Morgan fingerprint density at radius 3 is 0.455 bits per heavy atom. The summed E-state index contributed by atoms with van der Waals surface area (Å²) < 4.78 is 2.54. The second-order valence-electron chi connectivity index (χ2n) is 8.91. The van der Waals surface area contributed by atoms with Crippen LogP contribution in [0.1, 0.15) is 83.1 Å². The Kier molecular flexibility index (Phi) is 22.9. The van der Waals surface area contributed by atoms with Gasteiger partial charge in [-0.3, -0.25) is 0 Å². The molecule has 0 spiro atoms. The fraction of sp³-hybridized carbons (Fsp3) is 1.00. The van der Waals surface area contributed by atoms with Crippen molar-refractivity contribution in [2.45, 2.75) is 106 Å². The third-order valence-corrected chi connectivity index (χ3v) is 9.00. The Bertz CT molecular complexity index is 171. The SMILES string of the molecule is C[C](C)(C)[Sb][C](C)(C)C.C[C](C)(C)[Sb][C](C)(C)C.[CH3][Sb].[CH3][Sb]. The van der Waals surface area contributed by atoms with E-state index in [1.807, 2.05) is 0 Å². The quantitative estimate of drug-likeness (QED) is 0.244. The molecule has 6 radical (unpaired) electrons. The summed E-state index contributed by atoms with van der Waals surface area (Å²) in [4.78, 5) is 4.10. The molecule has 0 aliphatic heterocycles. The maximum absolute atomic E-state index is 2.36. The minimum atomic E-state index is -0.00833. The van der Waals surface area contributed by atoms with Crippen LogP contribution in [0.2, 0.25) is 23.2 Å². The van der Waals surface area contributed by atoms with E-state index < -0.39 is 0 Å². The van der Waals surface area contributed by atoms with Crippen molar-refractivity contribution in [1.29, 1.82) is 0 Å². The average Bonchev–Trinajstić information content (AvgIpc) is 2.13. The van der Waals surface area contributed by atoms with Crippen molar-refractivity contribution in [2.24, 2.45) is 0 Å². The van der Waals surface area contributed by atoms with Crippen LogP contribution >= 0.6 is 0 Å². The molecule has 0 aromatic heterocycles. The average molecular weight is 746 g/mol. The molecule has 0 unspecified atom stereocenters. The van der Waals surface area contributed by atoms with Gasteiger partial charge in [0.2, 0.25) is 0 Å². The summed E-state index contributed by atoms with van der Waals surface area (Å²) in [6, 6.07) is 0. The van der Waals surface area contributed by atoms with Crippen LogP contribution in [0.5, 0.6) is 0 Å². The zero-order valence-electron chi connectivity index (χ0n) is 17.8. The Labute approximate surface area is 192 Å². The zero-order chi connectivity index (χ0) is 19.4. The van der Waals surface area contributed by atoms with Crippen molar-refractivity contribution in [3.63, 3.8) is 0 Å². The summed E-state index contributed by atoms with van der Waals surface area (Å²) >= 11 is 3.48. The molecular formula is C18H42Sb4. The molecule has 0 saturated heterocycles. The van der Waals surface area contributed by atoms with Gasteiger partial charge in [0.25, 0.3) is 0 Å². The molecule has 0 atom stereocenters. The van der Waals surface area contributed by atoms with Gasteiger partial charge < -0.3 is 0 Å². The summed E-state index contributed by atoms with van der Waals surface area (Å²) in [7, 11) is 0. The molecule has 0 bridgehead atoms. The summed E-state index contributed by atoms with van der Waals surface area (Å²) in [6.45, 7) is 28.3. The van der Waals surface area contributed by atoms with Crippen LogP contribution in [0.25, 0.3) is 0 Å². The fourth-order valence-electron chi connectivity index (χ4n) is 2.01. The Hall–Kier alpha value is 3.27. The van der Waals surface area contributed by atoms with Crippen LogP contribution in [-0.2, 0) is 0 Å². The van der Waals surface area contributed by atoms with Gasteiger partial charge >= 0.3 is 196 Å². The normalized spacial score (nSPS) is 12.0. The predicted molar refractivity (Wildman–Crippen MR) is 114 cm³/mol. The van der Waals surface area contributed by atoms with E-state index in [4.69, 9.17) is 0 Å². The summed E-state index contributed by atoms with van der Waals surface area (Å²) in [5, 5.41) is 0. The van der Waals surface area contributed by atoms with E-state index in [1.165, 1.54) is 0 Å². The molecular weight excluding hydrogens is 703 g/mol. The van der Waals surface area contributed by atoms with E-state index >= 15 is 0 Å². The van der Waals surface area contributed by atoms with E-state index in [2.05, 4.69) is 92.8 Å². The molecule has 0 rings (SSSR count). The van der Waals surface area contributed by atoms with Crippen LogP contribution in [0.15, 0.2) is 0 Å². The molecule has 4 heteroatoms. The first kappa shape index (κ1) is 32.9. The van der Waals surface area contributed by atoms with Gasteiger partial charge in [0.1, 0.15) is 0 Å². The molecule has 0 heterocycles. The van der Waals surface area contributed by atoms with Crippen molar-refractivity contribution in [3.8, 4) is 0 Å². The molecule has 0 aromatic carbocycles. The van der Waals surface area contributed by atoms with E-state index in [-0.39, 0.29) is 43.2 Å². The molecule has 0 fully saturated rings. The molecule has 0 N–H and O–H groups in total. The zero-order valence-corrected chi connectivity index (χ0v) is 28.0. The predicted octanol–water partition coefficient (Wildman–Crippen LogP) is 6.66. The van der Waals surface area contributed by atoms with Crippen molar-refractivity contribution in [3.05, 3.63) is 0 Å². The van der Waals surface area contributed by atoms with Gasteiger partial charge in [0.15, 0.2) is 0 Å². The van der Waals surface area contributed by atoms with Crippen molar-refractivity contribution in [1.82, 2.24) is 0 Å². The third kappa shape index (κ3) is 49.5. The third-order valence-electron chi connectivity index (χ3n) is 1.34. The first-order valence-corrected chi connectivity index (χ1v) is 18.0. The van der Waals surface area contributed by atoms with Crippen LogP contribution in [0, 0.1) is 0 Å². The van der Waals surface area contributed by atoms with E-state index in [0.717, 1.165) is 0 Å². The second kappa shape index (κ2) is 15.3. The molecule has 0 aromatic rings.